The Hall–Kier alpha value is -3.80. The van der Waals surface area contributed by atoms with Crippen molar-refractivity contribution in [3.8, 4) is 11.5 Å². The smallest absolute Gasteiger partial charge is 0.249 e. The zero-order valence-electron chi connectivity index (χ0n) is 22.1. The summed E-state index contributed by atoms with van der Waals surface area (Å²) in [5.74, 6) is 1.50. The Kier molecular flexibility index (Phi) is 8.17. The molecule has 4 rings (SSSR count). The number of carbonyl (C=O) groups is 2. The van der Waals surface area contributed by atoms with Crippen molar-refractivity contribution in [1.82, 2.24) is 9.80 Å². The molecule has 0 aliphatic carbocycles. The van der Waals surface area contributed by atoms with Crippen LogP contribution >= 0.6 is 0 Å². The van der Waals surface area contributed by atoms with E-state index in [1.807, 2.05) is 97.6 Å². The highest BCUT2D eigenvalue weighted by atomic mass is 16.5. The standard InChI is InChI=1S/C31H36N2O4/c1-5-28-29(34)33(22-25-14-18-27(37-4)19-15-25)31(6-2,20-23-10-8-7-9-11-23)30(35)32(28)21-24-12-16-26(36-3)17-13-24/h7-19,28H,5-6,20-22H2,1-4H3/t28-,31+/m1/s1. The van der Waals surface area contributed by atoms with Crippen LogP contribution in [0, 0.1) is 0 Å². The van der Waals surface area contributed by atoms with Gasteiger partial charge in [-0.25, -0.2) is 0 Å². The van der Waals surface area contributed by atoms with Crippen molar-refractivity contribution in [3.63, 3.8) is 0 Å². The molecule has 3 aromatic rings. The summed E-state index contributed by atoms with van der Waals surface area (Å²) in [5, 5.41) is 0. The largest absolute Gasteiger partial charge is 0.497 e. The van der Waals surface area contributed by atoms with Crippen molar-refractivity contribution >= 4 is 11.8 Å². The average molecular weight is 501 g/mol. The quantitative estimate of drug-likeness (QED) is 0.382. The van der Waals surface area contributed by atoms with E-state index in [9.17, 15) is 9.59 Å². The van der Waals surface area contributed by atoms with Gasteiger partial charge in [0.05, 0.1) is 14.2 Å². The molecule has 1 saturated heterocycles. The average Bonchev–Trinajstić information content (AvgIpc) is 2.95. The Bertz CT molecular complexity index is 1190. The zero-order valence-corrected chi connectivity index (χ0v) is 22.1. The van der Waals surface area contributed by atoms with Crippen LogP contribution in [0.25, 0.3) is 0 Å². The van der Waals surface area contributed by atoms with Gasteiger partial charge in [0.25, 0.3) is 0 Å². The Labute approximate surface area is 219 Å². The van der Waals surface area contributed by atoms with Crippen molar-refractivity contribution in [2.75, 3.05) is 14.2 Å². The molecule has 0 bridgehead atoms. The van der Waals surface area contributed by atoms with Crippen LogP contribution in [0.2, 0.25) is 0 Å². The van der Waals surface area contributed by atoms with Crippen molar-refractivity contribution in [1.29, 1.82) is 0 Å². The normalized spacial score (nSPS) is 19.7. The first-order valence-corrected chi connectivity index (χ1v) is 12.9. The number of methoxy groups -OCH3 is 2. The van der Waals surface area contributed by atoms with E-state index in [1.54, 1.807) is 19.1 Å². The fraction of sp³-hybridized carbons (Fsp3) is 0.355. The maximum atomic E-state index is 14.5. The number of rotatable bonds is 10. The van der Waals surface area contributed by atoms with E-state index in [2.05, 4.69) is 0 Å². The molecule has 0 N–H and O–H groups in total. The van der Waals surface area contributed by atoms with Crippen LogP contribution in [0.1, 0.15) is 43.4 Å². The highest BCUT2D eigenvalue weighted by Crippen LogP contribution is 2.37. The molecule has 6 nitrogen and oxygen atoms in total. The molecular formula is C31H36N2O4. The van der Waals surface area contributed by atoms with Crippen LogP contribution in [0.4, 0.5) is 0 Å². The van der Waals surface area contributed by atoms with Crippen molar-refractivity contribution in [2.24, 2.45) is 0 Å². The maximum Gasteiger partial charge on any atom is 0.249 e. The second-order valence-corrected chi connectivity index (χ2v) is 9.53. The van der Waals surface area contributed by atoms with Gasteiger partial charge in [-0.3, -0.25) is 9.59 Å². The molecule has 0 aromatic heterocycles. The van der Waals surface area contributed by atoms with Crippen molar-refractivity contribution < 1.29 is 19.1 Å². The lowest BCUT2D eigenvalue weighted by molar-refractivity contribution is -0.173. The van der Waals surface area contributed by atoms with Gasteiger partial charge >= 0.3 is 0 Å². The van der Waals surface area contributed by atoms with E-state index in [1.165, 1.54) is 0 Å². The minimum atomic E-state index is -0.990. The first-order valence-electron chi connectivity index (χ1n) is 12.9. The molecule has 1 fully saturated rings. The van der Waals surface area contributed by atoms with E-state index < -0.39 is 11.6 Å². The number of nitrogens with zero attached hydrogens (tertiary/aromatic N) is 2. The highest BCUT2D eigenvalue weighted by Gasteiger charge is 2.54. The topological polar surface area (TPSA) is 59.1 Å². The minimum Gasteiger partial charge on any atom is -0.497 e. The Balaban J connectivity index is 1.75. The number of hydrogen-bond donors (Lipinski definition) is 0. The molecule has 0 unspecified atom stereocenters. The molecule has 37 heavy (non-hydrogen) atoms. The van der Waals surface area contributed by atoms with Gasteiger partial charge in [-0.2, -0.15) is 0 Å². The van der Waals surface area contributed by atoms with Crippen LogP contribution in [0.3, 0.4) is 0 Å². The van der Waals surface area contributed by atoms with Gasteiger partial charge in [0.15, 0.2) is 0 Å². The van der Waals surface area contributed by atoms with Gasteiger partial charge in [0, 0.05) is 19.5 Å². The predicted molar refractivity (Wildman–Crippen MR) is 144 cm³/mol. The lowest BCUT2D eigenvalue weighted by atomic mass is 9.80. The van der Waals surface area contributed by atoms with E-state index in [0.29, 0.717) is 32.4 Å². The summed E-state index contributed by atoms with van der Waals surface area (Å²) < 4.78 is 10.6. The van der Waals surface area contributed by atoms with Gasteiger partial charge < -0.3 is 19.3 Å². The SMILES string of the molecule is CC[C@@H]1C(=O)N(Cc2ccc(OC)cc2)[C@@](CC)(Cc2ccccc2)C(=O)N1Cc1ccc(OC)cc1. The molecule has 3 aromatic carbocycles. The maximum absolute atomic E-state index is 14.5. The third-order valence-corrected chi connectivity index (χ3v) is 7.43. The second-order valence-electron chi connectivity index (χ2n) is 9.53. The number of carbonyl (C=O) groups excluding carboxylic acids is 2. The van der Waals surface area contributed by atoms with Gasteiger partial charge in [-0.15, -0.1) is 0 Å². The summed E-state index contributed by atoms with van der Waals surface area (Å²) in [6, 6.07) is 24.9. The van der Waals surface area contributed by atoms with Gasteiger partial charge in [0.2, 0.25) is 11.8 Å². The molecule has 0 saturated carbocycles. The second kappa shape index (κ2) is 11.5. The summed E-state index contributed by atoms with van der Waals surface area (Å²) in [4.78, 5) is 32.3. The molecule has 2 amide bonds. The van der Waals surface area contributed by atoms with Crippen LogP contribution in [0.5, 0.6) is 11.5 Å². The van der Waals surface area contributed by atoms with Crippen LogP contribution in [-0.2, 0) is 29.1 Å². The Morgan fingerprint density at radius 3 is 1.76 bits per heavy atom. The predicted octanol–water partition coefficient (Wildman–Crippen LogP) is 5.24. The molecule has 2 atom stereocenters. The van der Waals surface area contributed by atoms with E-state index in [4.69, 9.17) is 9.47 Å². The summed E-state index contributed by atoms with van der Waals surface area (Å²) >= 11 is 0. The van der Waals surface area contributed by atoms with Crippen LogP contribution in [0.15, 0.2) is 78.9 Å². The molecule has 6 heteroatoms. The molecule has 1 aliphatic rings. The van der Waals surface area contributed by atoms with Crippen LogP contribution < -0.4 is 9.47 Å². The zero-order chi connectivity index (χ0) is 26.4. The van der Waals surface area contributed by atoms with Gasteiger partial charge in [-0.1, -0.05) is 68.4 Å². The molecule has 0 radical (unpaired) electrons. The number of amides is 2. The summed E-state index contributed by atoms with van der Waals surface area (Å²) in [5.41, 5.74) is 1.97. The molecule has 194 valence electrons. The fourth-order valence-corrected chi connectivity index (χ4v) is 5.27. The third-order valence-electron chi connectivity index (χ3n) is 7.43. The Morgan fingerprint density at radius 1 is 0.730 bits per heavy atom. The summed E-state index contributed by atoms with van der Waals surface area (Å²) in [6.45, 7) is 4.72. The minimum absolute atomic E-state index is 0.00497. The van der Waals surface area contributed by atoms with Gasteiger partial charge in [0.1, 0.15) is 23.1 Å². The van der Waals surface area contributed by atoms with Crippen LogP contribution in [-0.4, -0.2) is 47.4 Å². The van der Waals surface area contributed by atoms with Crippen molar-refractivity contribution in [2.45, 2.75) is 57.8 Å². The molecule has 1 heterocycles. The van der Waals surface area contributed by atoms with Crippen molar-refractivity contribution in [3.05, 3.63) is 95.6 Å². The molecule has 0 spiro atoms. The first-order chi connectivity index (χ1) is 17.9. The summed E-state index contributed by atoms with van der Waals surface area (Å²) in [6.07, 6.45) is 1.52. The molecule has 1 aliphatic heterocycles. The number of ether oxygens (including phenoxy) is 2. The number of hydrogen-bond acceptors (Lipinski definition) is 4. The lowest BCUT2D eigenvalue weighted by Gasteiger charge is -2.52. The first kappa shape index (κ1) is 26.3. The van der Waals surface area contributed by atoms with E-state index in [-0.39, 0.29) is 11.8 Å². The van der Waals surface area contributed by atoms with Gasteiger partial charge in [-0.05, 0) is 53.8 Å². The molecular weight excluding hydrogens is 464 g/mol. The number of piperazine rings is 1. The van der Waals surface area contributed by atoms with E-state index in [0.717, 1.165) is 28.2 Å². The Morgan fingerprint density at radius 2 is 1.27 bits per heavy atom. The highest BCUT2D eigenvalue weighted by molar-refractivity contribution is 6.00. The lowest BCUT2D eigenvalue weighted by Crippen LogP contribution is -2.71. The van der Waals surface area contributed by atoms with E-state index >= 15 is 0 Å². The summed E-state index contributed by atoms with van der Waals surface area (Å²) in [7, 11) is 3.26. The number of benzene rings is 3. The third kappa shape index (κ3) is 5.33. The monoisotopic (exact) mass is 500 g/mol. The fourth-order valence-electron chi connectivity index (χ4n) is 5.27.